The number of hydrogen-bond acceptors (Lipinski definition) is 2. The molecule has 0 saturated heterocycles. The van der Waals surface area contributed by atoms with Crippen molar-refractivity contribution in [2.24, 2.45) is 5.73 Å². The third-order valence-electron chi connectivity index (χ3n) is 2.06. The molecular weight excluding hydrogens is 235 g/mol. The smallest absolute Gasteiger partial charge is 0.221 e. The number of nitrogens with one attached hydrogen (secondary N) is 1. The average Bonchev–Trinajstić information content (AvgIpc) is 2.21. The SMILES string of the molecule is CNC(=O)CC(N)c1ccc(Cl)c(Cl)c1. The fraction of sp³-hybridized carbons (Fsp3) is 0.300. The second kappa shape index (κ2) is 5.35. The summed E-state index contributed by atoms with van der Waals surface area (Å²) in [4.78, 5) is 11.1. The number of nitrogens with two attached hydrogens (primary N) is 1. The van der Waals surface area contributed by atoms with E-state index >= 15 is 0 Å². The van der Waals surface area contributed by atoms with Crippen molar-refractivity contribution in [3.8, 4) is 0 Å². The second-order valence-electron chi connectivity index (χ2n) is 3.16. The number of benzene rings is 1. The monoisotopic (exact) mass is 246 g/mol. The highest BCUT2D eigenvalue weighted by Crippen LogP contribution is 2.25. The largest absolute Gasteiger partial charge is 0.359 e. The third kappa shape index (κ3) is 3.38. The van der Waals surface area contributed by atoms with E-state index in [1.54, 1.807) is 25.2 Å². The highest BCUT2D eigenvalue weighted by molar-refractivity contribution is 6.42. The Kier molecular flexibility index (Phi) is 4.39. The van der Waals surface area contributed by atoms with Crippen molar-refractivity contribution in [1.82, 2.24) is 5.32 Å². The van der Waals surface area contributed by atoms with Gasteiger partial charge in [0, 0.05) is 19.5 Å². The minimum atomic E-state index is -0.361. The molecule has 5 heteroatoms. The van der Waals surface area contributed by atoms with E-state index in [1.807, 2.05) is 0 Å². The molecule has 0 spiro atoms. The summed E-state index contributed by atoms with van der Waals surface area (Å²) in [5.41, 5.74) is 6.63. The summed E-state index contributed by atoms with van der Waals surface area (Å²) in [6.07, 6.45) is 0.231. The van der Waals surface area contributed by atoms with Crippen LogP contribution in [0.2, 0.25) is 10.0 Å². The van der Waals surface area contributed by atoms with Gasteiger partial charge in [0.1, 0.15) is 0 Å². The second-order valence-corrected chi connectivity index (χ2v) is 3.97. The number of halogens is 2. The minimum absolute atomic E-state index is 0.103. The normalized spacial score (nSPS) is 12.3. The zero-order valence-corrected chi connectivity index (χ0v) is 9.77. The van der Waals surface area contributed by atoms with Crippen molar-refractivity contribution >= 4 is 29.1 Å². The van der Waals surface area contributed by atoms with E-state index in [-0.39, 0.29) is 18.4 Å². The van der Waals surface area contributed by atoms with Gasteiger partial charge in [-0.25, -0.2) is 0 Å². The lowest BCUT2D eigenvalue weighted by Crippen LogP contribution is -2.24. The summed E-state index contributed by atoms with van der Waals surface area (Å²) in [5.74, 6) is -0.103. The Hall–Kier alpha value is -0.770. The van der Waals surface area contributed by atoms with Gasteiger partial charge in [-0.05, 0) is 17.7 Å². The van der Waals surface area contributed by atoms with Crippen molar-refractivity contribution in [3.63, 3.8) is 0 Å². The molecule has 0 fully saturated rings. The van der Waals surface area contributed by atoms with Gasteiger partial charge >= 0.3 is 0 Å². The van der Waals surface area contributed by atoms with Crippen LogP contribution in [0, 0.1) is 0 Å². The maximum absolute atomic E-state index is 11.1. The Balaban J connectivity index is 2.78. The van der Waals surface area contributed by atoms with Gasteiger partial charge in [0.05, 0.1) is 10.0 Å². The molecular formula is C10H12Cl2N2O. The molecule has 0 radical (unpaired) electrons. The van der Waals surface area contributed by atoms with Crippen LogP contribution >= 0.6 is 23.2 Å². The van der Waals surface area contributed by atoms with E-state index in [0.717, 1.165) is 5.56 Å². The Morgan fingerprint density at radius 3 is 2.67 bits per heavy atom. The van der Waals surface area contributed by atoms with E-state index in [4.69, 9.17) is 28.9 Å². The third-order valence-corrected chi connectivity index (χ3v) is 2.79. The molecule has 15 heavy (non-hydrogen) atoms. The van der Waals surface area contributed by atoms with E-state index in [2.05, 4.69) is 5.32 Å². The quantitative estimate of drug-likeness (QED) is 0.859. The molecule has 1 rings (SSSR count). The van der Waals surface area contributed by atoms with Crippen LogP contribution in [0.15, 0.2) is 18.2 Å². The summed E-state index contributed by atoms with van der Waals surface area (Å²) in [6, 6.07) is 4.75. The lowest BCUT2D eigenvalue weighted by molar-refractivity contribution is -0.120. The highest BCUT2D eigenvalue weighted by Gasteiger charge is 2.11. The van der Waals surface area contributed by atoms with Crippen LogP contribution in [-0.2, 0) is 4.79 Å². The van der Waals surface area contributed by atoms with Crippen LogP contribution in [0.5, 0.6) is 0 Å². The molecule has 0 aliphatic heterocycles. The summed E-state index contributed by atoms with van der Waals surface area (Å²) in [5, 5.41) is 3.44. The zero-order chi connectivity index (χ0) is 11.4. The summed E-state index contributed by atoms with van der Waals surface area (Å²) in [7, 11) is 1.57. The number of carbonyl (C=O) groups is 1. The fourth-order valence-corrected chi connectivity index (χ4v) is 1.47. The van der Waals surface area contributed by atoms with E-state index < -0.39 is 0 Å². The lowest BCUT2D eigenvalue weighted by Gasteiger charge is -2.11. The number of amides is 1. The number of carbonyl (C=O) groups excluding carboxylic acids is 1. The highest BCUT2D eigenvalue weighted by atomic mass is 35.5. The van der Waals surface area contributed by atoms with Crippen LogP contribution in [0.25, 0.3) is 0 Å². The number of hydrogen-bond donors (Lipinski definition) is 2. The molecule has 3 N–H and O–H groups in total. The molecule has 0 aliphatic rings. The topological polar surface area (TPSA) is 55.1 Å². The van der Waals surface area contributed by atoms with Crippen molar-refractivity contribution in [1.29, 1.82) is 0 Å². The van der Waals surface area contributed by atoms with E-state index in [1.165, 1.54) is 0 Å². The first kappa shape index (κ1) is 12.3. The van der Waals surface area contributed by atoms with Gasteiger partial charge < -0.3 is 11.1 Å². The summed E-state index contributed by atoms with van der Waals surface area (Å²) < 4.78 is 0. The first-order valence-corrected chi connectivity index (χ1v) is 5.21. The molecule has 3 nitrogen and oxygen atoms in total. The lowest BCUT2D eigenvalue weighted by atomic mass is 10.0. The number of rotatable bonds is 3. The van der Waals surface area contributed by atoms with Gasteiger partial charge in [-0.2, -0.15) is 0 Å². The van der Waals surface area contributed by atoms with Crippen LogP contribution in [0.4, 0.5) is 0 Å². The molecule has 0 bridgehead atoms. The standard InChI is InChI=1S/C10H12Cl2N2O/c1-14-10(15)5-9(13)6-2-3-7(11)8(12)4-6/h2-4,9H,5,13H2,1H3,(H,14,15). The molecule has 1 atom stereocenters. The Morgan fingerprint density at radius 1 is 1.47 bits per heavy atom. The minimum Gasteiger partial charge on any atom is -0.359 e. The molecule has 0 aromatic heterocycles. The first-order valence-electron chi connectivity index (χ1n) is 4.45. The molecule has 82 valence electrons. The molecule has 0 aliphatic carbocycles. The zero-order valence-electron chi connectivity index (χ0n) is 8.26. The van der Waals surface area contributed by atoms with Gasteiger partial charge in [0.15, 0.2) is 0 Å². The Morgan fingerprint density at radius 2 is 2.13 bits per heavy atom. The first-order chi connectivity index (χ1) is 7.04. The van der Waals surface area contributed by atoms with Gasteiger partial charge in [-0.15, -0.1) is 0 Å². The molecule has 1 aromatic carbocycles. The fourth-order valence-electron chi connectivity index (χ4n) is 1.16. The summed E-state index contributed by atoms with van der Waals surface area (Å²) >= 11 is 11.6. The van der Waals surface area contributed by atoms with Crippen LogP contribution in [0.3, 0.4) is 0 Å². The van der Waals surface area contributed by atoms with E-state index in [9.17, 15) is 4.79 Å². The predicted octanol–water partition coefficient (Wildman–Crippen LogP) is 2.13. The van der Waals surface area contributed by atoms with Gasteiger partial charge in [0.25, 0.3) is 0 Å². The van der Waals surface area contributed by atoms with Crippen LogP contribution in [-0.4, -0.2) is 13.0 Å². The average molecular weight is 247 g/mol. The molecule has 1 amide bonds. The maximum Gasteiger partial charge on any atom is 0.221 e. The van der Waals surface area contributed by atoms with Crippen molar-refractivity contribution in [2.45, 2.75) is 12.5 Å². The van der Waals surface area contributed by atoms with Crippen molar-refractivity contribution in [2.75, 3.05) is 7.05 Å². The molecule has 0 saturated carbocycles. The summed E-state index contributed by atoms with van der Waals surface area (Å²) in [6.45, 7) is 0. The van der Waals surface area contributed by atoms with Gasteiger partial charge in [-0.1, -0.05) is 29.3 Å². The molecule has 0 heterocycles. The van der Waals surface area contributed by atoms with Crippen LogP contribution < -0.4 is 11.1 Å². The maximum atomic E-state index is 11.1. The van der Waals surface area contributed by atoms with Gasteiger partial charge in [0.2, 0.25) is 5.91 Å². The Labute approximate surface area is 98.5 Å². The Bertz CT molecular complexity index is 368. The van der Waals surface area contributed by atoms with E-state index in [0.29, 0.717) is 10.0 Å². The van der Waals surface area contributed by atoms with Gasteiger partial charge in [-0.3, -0.25) is 4.79 Å². The predicted molar refractivity (Wildman–Crippen MR) is 62.1 cm³/mol. The van der Waals surface area contributed by atoms with Crippen molar-refractivity contribution < 1.29 is 4.79 Å². The van der Waals surface area contributed by atoms with Crippen LogP contribution in [0.1, 0.15) is 18.0 Å². The van der Waals surface area contributed by atoms with Crippen molar-refractivity contribution in [3.05, 3.63) is 33.8 Å². The molecule has 1 unspecified atom stereocenters. The molecule has 1 aromatic rings.